The van der Waals surface area contributed by atoms with E-state index in [1.807, 2.05) is 0 Å². The number of halogens is 1. The zero-order valence-electron chi connectivity index (χ0n) is 23.5. The van der Waals surface area contributed by atoms with E-state index in [2.05, 4.69) is 10.2 Å². The van der Waals surface area contributed by atoms with Crippen LogP contribution in [0.15, 0.2) is 76.0 Å². The molecule has 2 N–H and O–H groups in total. The first kappa shape index (κ1) is 30.3. The standard InChI is InChI=1S/C29H29FN4O7S2/c1-29(2,42(3,36)37)28-33-32-26(41-28)20-9-12-25-24(14-20)34(27(35)23(31)17-43(25,38)39)15-18-7-10-22(11-8-18)40-16-19-5-4-6-21(30)13-19/h4-14,23H,15-17,31H2,1-3H3/t23-/m0/s1. The van der Waals surface area contributed by atoms with Crippen LogP contribution >= 0.6 is 0 Å². The number of amides is 1. The number of carbonyl (C=O) groups is 1. The van der Waals surface area contributed by atoms with Crippen LogP contribution in [0.2, 0.25) is 0 Å². The van der Waals surface area contributed by atoms with Crippen molar-refractivity contribution in [1.29, 1.82) is 0 Å². The van der Waals surface area contributed by atoms with E-state index in [-0.39, 0.29) is 46.9 Å². The zero-order chi connectivity index (χ0) is 31.2. The molecule has 1 amide bonds. The van der Waals surface area contributed by atoms with Crippen molar-refractivity contribution in [2.24, 2.45) is 5.73 Å². The summed E-state index contributed by atoms with van der Waals surface area (Å²) in [6, 6.07) is 15.8. The van der Waals surface area contributed by atoms with E-state index in [0.717, 1.165) is 6.26 Å². The fourth-order valence-electron chi connectivity index (χ4n) is 4.41. The van der Waals surface area contributed by atoms with Crippen LogP contribution in [-0.4, -0.2) is 51.0 Å². The summed E-state index contributed by atoms with van der Waals surface area (Å²) in [7, 11) is -7.55. The van der Waals surface area contributed by atoms with Gasteiger partial charge in [-0.25, -0.2) is 21.2 Å². The summed E-state index contributed by atoms with van der Waals surface area (Å²) in [5.74, 6) is -1.21. The Hall–Kier alpha value is -4.14. The number of hydrogen-bond acceptors (Lipinski definition) is 10. The molecule has 0 aliphatic carbocycles. The topological polar surface area (TPSA) is 163 Å². The zero-order valence-corrected chi connectivity index (χ0v) is 25.2. The van der Waals surface area contributed by atoms with Gasteiger partial charge in [-0.3, -0.25) is 4.79 Å². The van der Waals surface area contributed by atoms with E-state index in [1.54, 1.807) is 36.4 Å². The average molecular weight is 629 g/mol. The number of benzene rings is 3. The number of aromatic nitrogens is 2. The highest BCUT2D eigenvalue weighted by atomic mass is 32.2. The Morgan fingerprint density at radius 1 is 1.07 bits per heavy atom. The number of nitrogens with zero attached hydrogens (tertiary/aromatic N) is 3. The Morgan fingerprint density at radius 2 is 1.79 bits per heavy atom. The molecule has 226 valence electrons. The molecule has 2 heterocycles. The predicted molar refractivity (Wildman–Crippen MR) is 156 cm³/mol. The van der Waals surface area contributed by atoms with E-state index in [9.17, 15) is 26.0 Å². The summed E-state index contributed by atoms with van der Waals surface area (Å²) >= 11 is 0. The number of anilines is 1. The lowest BCUT2D eigenvalue weighted by atomic mass is 10.1. The molecule has 0 unspecified atom stereocenters. The Bertz CT molecular complexity index is 1910. The average Bonchev–Trinajstić information content (AvgIpc) is 3.43. The molecule has 0 spiro atoms. The first-order valence-corrected chi connectivity index (χ1v) is 16.6. The molecule has 11 nitrogen and oxygen atoms in total. The molecule has 0 saturated carbocycles. The summed E-state index contributed by atoms with van der Waals surface area (Å²) in [6.45, 7) is 3.01. The van der Waals surface area contributed by atoms with Gasteiger partial charge in [0, 0.05) is 11.8 Å². The quantitative estimate of drug-likeness (QED) is 0.306. The van der Waals surface area contributed by atoms with Gasteiger partial charge in [-0.05, 0) is 67.4 Å². The van der Waals surface area contributed by atoms with E-state index >= 15 is 0 Å². The highest BCUT2D eigenvalue weighted by molar-refractivity contribution is 7.92. The summed E-state index contributed by atoms with van der Waals surface area (Å²) in [6.07, 6.45) is 1.06. The second kappa shape index (κ2) is 11.2. The predicted octanol–water partition coefficient (Wildman–Crippen LogP) is 3.38. The van der Waals surface area contributed by atoms with Crippen LogP contribution in [0.5, 0.6) is 5.75 Å². The van der Waals surface area contributed by atoms with Gasteiger partial charge in [0.15, 0.2) is 19.7 Å². The van der Waals surface area contributed by atoms with E-state index < -0.39 is 42.1 Å². The Balaban J connectivity index is 1.46. The lowest BCUT2D eigenvalue weighted by Crippen LogP contribution is -2.45. The first-order valence-electron chi connectivity index (χ1n) is 13.1. The normalized spacial score (nSPS) is 16.9. The first-order chi connectivity index (χ1) is 20.2. The van der Waals surface area contributed by atoms with Crippen LogP contribution in [0.3, 0.4) is 0 Å². The largest absolute Gasteiger partial charge is 0.489 e. The third-order valence-electron chi connectivity index (χ3n) is 7.24. The van der Waals surface area contributed by atoms with E-state index in [1.165, 1.54) is 49.1 Å². The van der Waals surface area contributed by atoms with Crippen LogP contribution in [-0.2, 0) is 42.4 Å². The maximum atomic E-state index is 13.5. The second-order valence-electron chi connectivity index (χ2n) is 10.8. The number of hydrogen-bond donors (Lipinski definition) is 1. The van der Waals surface area contributed by atoms with Gasteiger partial charge in [-0.2, -0.15) is 0 Å². The third-order valence-corrected chi connectivity index (χ3v) is 11.1. The molecule has 14 heteroatoms. The number of rotatable bonds is 8. The van der Waals surface area contributed by atoms with Crippen LogP contribution in [0.1, 0.15) is 30.9 Å². The fraction of sp³-hybridized carbons (Fsp3) is 0.276. The van der Waals surface area contributed by atoms with Crippen molar-refractivity contribution < 1.29 is 35.2 Å². The molecule has 0 radical (unpaired) electrons. The Labute approximate surface area is 248 Å². The number of ether oxygens (including phenoxy) is 1. The van der Waals surface area contributed by atoms with Gasteiger partial charge >= 0.3 is 0 Å². The van der Waals surface area contributed by atoms with Gasteiger partial charge in [0.05, 0.1) is 28.9 Å². The number of fused-ring (bicyclic) bond motifs is 1. The third kappa shape index (κ3) is 6.17. The molecule has 1 atom stereocenters. The highest BCUT2D eigenvalue weighted by Crippen LogP contribution is 2.36. The molecule has 4 aromatic rings. The molecular weight excluding hydrogens is 599 g/mol. The van der Waals surface area contributed by atoms with Crippen molar-refractivity contribution in [3.05, 3.63) is 89.6 Å². The fourth-order valence-corrected chi connectivity index (χ4v) is 6.37. The minimum atomic E-state index is -3.95. The molecule has 0 bridgehead atoms. The second-order valence-corrected chi connectivity index (χ2v) is 15.3. The van der Waals surface area contributed by atoms with Gasteiger partial charge in [-0.15, -0.1) is 10.2 Å². The van der Waals surface area contributed by atoms with Gasteiger partial charge in [-0.1, -0.05) is 24.3 Å². The van der Waals surface area contributed by atoms with Crippen molar-refractivity contribution in [3.63, 3.8) is 0 Å². The molecule has 5 rings (SSSR count). The van der Waals surface area contributed by atoms with E-state index in [0.29, 0.717) is 16.9 Å². The molecule has 0 saturated heterocycles. The molecule has 1 aliphatic rings. The lowest BCUT2D eigenvalue weighted by Gasteiger charge is -2.24. The maximum Gasteiger partial charge on any atom is 0.247 e. The Kier molecular flexibility index (Phi) is 7.88. The minimum Gasteiger partial charge on any atom is -0.489 e. The van der Waals surface area contributed by atoms with Gasteiger partial charge < -0.3 is 19.8 Å². The van der Waals surface area contributed by atoms with Gasteiger partial charge in [0.1, 0.15) is 22.9 Å². The lowest BCUT2D eigenvalue weighted by molar-refractivity contribution is -0.119. The highest BCUT2D eigenvalue weighted by Gasteiger charge is 2.39. The molecular formula is C29H29FN4O7S2. The van der Waals surface area contributed by atoms with Crippen LogP contribution in [0.25, 0.3) is 11.5 Å². The smallest absolute Gasteiger partial charge is 0.247 e. The summed E-state index contributed by atoms with van der Waals surface area (Å²) in [5.41, 5.74) is 7.71. The van der Waals surface area contributed by atoms with Gasteiger partial charge in [0.25, 0.3) is 0 Å². The maximum absolute atomic E-state index is 13.5. The van der Waals surface area contributed by atoms with Gasteiger partial charge in [0.2, 0.25) is 17.7 Å². The van der Waals surface area contributed by atoms with Crippen molar-refractivity contribution >= 4 is 31.3 Å². The number of carbonyl (C=O) groups excluding carboxylic acids is 1. The molecule has 1 aliphatic heterocycles. The van der Waals surface area contributed by atoms with Crippen LogP contribution < -0.4 is 15.4 Å². The number of nitrogens with two attached hydrogens (primary N) is 1. The monoisotopic (exact) mass is 628 g/mol. The molecule has 43 heavy (non-hydrogen) atoms. The van der Waals surface area contributed by atoms with E-state index in [4.69, 9.17) is 14.9 Å². The van der Waals surface area contributed by atoms with Crippen LogP contribution in [0, 0.1) is 5.82 Å². The Morgan fingerprint density at radius 3 is 2.47 bits per heavy atom. The summed E-state index contributed by atoms with van der Waals surface area (Å²) in [4.78, 5) is 14.6. The SMILES string of the molecule is CC(C)(c1nnc(-c2ccc3c(c2)N(Cc2ccc(OCc4cccc(F)c4)cc2)C(=O)[C@@H](N)CS3(=O)=O)o1)S(C)(=O)=O. The van der Waals surface area contributed by atoms with Crippen LogP contribution in [0.4, 0.5) is 10.1 Å². The summed E-state index contributed by atoms with van der Waals surface area (Å²) < 4.78 is 74.3. The molecule has 0 fully saturated rings. The molecule has 3 aromatic carbocycles. The van der Waals surface area contributed by atoms with Crippen molar-refractivity contribution in [3.8, 4) is 17.2 Å². The van der Waals surface area contributed by atoms with Crippen molar-refractivity contribution in [2.45, 2.75) is 42.7 Å². The number of sulfone groups is 2. The summed E-state index contributed by atoms with van der Waals surface area (Å²) in [5, 5.41) is 7.88. The molecule has 1 aromatic heterocycles. The van der Waals surface area contributed by atoms with Crippen molar-refractivity contribution in [1.82, 2.24) is 10.2 Å². The van der Waals surface area contributed by atoms with Crippen molar-refractivity contribution in [2.75, 3.05) is 16.9 Å². The minimum absolute atomic E-state index is 0.0150.